The lowest BCUT2D eigenvalue weighted by Crippen LogP contribution is -2.00. The topological polar surface area (TPSA) is 29.6 Å². The molecule has 6 aromatic heterocycles. The highest BCUT2D eigenvalue weighted by molar-refractivity contribution is 6.15. The summed E-state index contributed by atoms with van der Waals surface area (Å²) in [6, 6.07) is 176. The van der Waals surface area contributed by atoms with Crippen molar-refractivity contribution in [2.75, 3.05) is 0 Å². The summed E-state index contributed by atoms with van der Waals surface area (Å²) in [5, 5.41) is 15.2. The summed E-state index contributed by atoms with van der Waals surface area (Å²) >= 11 is 0. The molecule has 0 bridgehead atoms. The van der Waals surface area contributed by atoms with Gasteiger partial charge in [0.25, 0.3) is 0 Å². The van der Waals surface area contributed by atoms with Crippen molar-refractivity contribution in [3.8, 4) is 89.8 Å². The fourth-order valence-corrected chi connectivity index (χ4v) is 19.9. The lowest BCUT2D eigenvalue weighted by molar-refractivity contribution is 1.13. The zero-order valence-electron chi connectivity index (χ0n) is 68.9. The van der Waals surface area contributed by atoms with Gasteiger partial charge >= 0.3 is 0 Å². The van der Waals surface area contributed by atoms with E-state index in [4.69, 9.17) is 0 Å². The maximum atomic E-state index is 2.42. The number of para-hydroxylation sites is 12. The van der Waals surface area contributed by atoms with Crippen molar-refractivity contribution in [2.45, 2.75) is 0 Å². The van der Waals surface area contributed by atoms with E-state index in [0.717, 1.165) is 34.1 Å². The van der Waals surface area contributed by atoms with E-state index in [0.29, 0.717) is 0 Å². The zero-order valence-corrected chi connectivity index (χ0v) is 68.9. The SMILES string of the molecule is c1ccc(-c2cc(-n3c4ccccc4c4ccccc43)cc(-n3c4ccccc4c4ccccc43)c2)cc1.c1ccc(-c2ccc(-c3cc(-n4c5ccccc5c5ccccc54)cc(-n4c5ccccc5c5ccccc54)c3)cc2)cc1.c1ccc(-c2cccc(-c3cc(-n4c5ccccc5c5ccccc54)cc(-n4c5ccccc5c5ccccc54)c3)c2)cc1. The van der Waals surface area contributed by atoms with Gasteiger partial charge < -0.3 is 27.4 Å². The highest BCUT2D eigenvalue weighted by atomic mass is 15.0. The number of rotatable bonds is 11. The molecular weight excluding hydrogens is 1530 g/mol. The Balaban J connectivity index is 0.000000106. The van der Waals surface area contributed by atoms with Crippen LogP contribution < -0.4 is 0 Å². The standard InChI is InChI=1S/2C42H28N2.C36H24N2/c1-2-13-29(14-3-1)30-15-12-16-31(25-30)32-26-33(43-39-21-8-4-17-35(39)36-18-5-9-22-40(36)43)28-34(27-32)44-41-23-10-6-19-37(41)38-20-7-11-24-42(38)44;1-2-12-29(13-3-1)30-22-24-31(25-23-30)32-26-33(43-39-18-8-4-14-35(39)36-15-5-9-19-40(36)43)28-34(27-32)44-41-20-10-6-16-37(41)38-17-7-11-21-42(38)44;1-2-12-25(13-3-1)26-22-27(37-33-18-8-4-14-29(33)30-15-5-9-19-34(30)37)24-28(23-26)38-35-20-10-6-16-31(35)32-17-7-11-21-36(32)38/h2*1-28H;1-24H. The summed E-state index contributed by atoms with van der Waals surface area (Å²) < 4.78 is 14.5. The van der Waals surface area contributed by atoms with Crippen LogP contribution in [-0.4, -0.2) is 27.4 Å². The van der Waals surface area contributed by atoms with E-state index in [1.807, 2.05) is 0 Å². The normalized spacial score (nSPS) is 11.7. The molecule has 0 aliphatic carbocycles. The molecule has 6 heteroatoms. The van der Waals surface area contributed by atoms with Crippen molar-refractivity contribution in [2.24, 2.45) is 0 Å². The van der Waals surface area contributed by atoms with E-state index in [-0.39, 0.29) is 0 Å². The van der Waals surface area contributed by atoms with Crippen molar-refractivity contribution < 1.29 is 0 Å². The molecule has 590 valence electrons. The van der Waals surface area contributed by atoms with E-state index in [9.17, 15) is 0 Å². The minimum Gasteiger partial charge on any atom is -0.309 e. The molecule has 126 heavy (non-hydrogen) atoms. The molecule has 0 N–H and O–H groups in total. The number of benzene rings is 20. The lowest BCUT2D eigenvalue weighted by Gasteiger charge is -2.16. The van der Waals surface area contributed by atoms with Gasteiger partial charge in [0.05, 0.1) is 66.2 Å². The third kappa shape index (κ3) is 12.5. The van der Waals surface area contributed by atoms with Gasteiger partial charge in [-0.3, -0.25) is 0 Å². The molecule has 26 aromatic rings. The summed E-state index contributed by atoms with van der Waals surface area (Å²) in [6.07, 6.45) is 0. The summed E-state index contributed by atoms with van der Waals surface area (Å²) in [5.74, 6) is 0. The lowest BCUT2D eigenvalue weighted by atomic mass is 9.98. The van der Waals surface area contributed by atoms with E-state index in [1.165, 1.54) is 186 Å². The molecule has 0 aliphatic rings. The van der Waals surface area contributed by atoms with Gasteiger partial charge in [-0.2, -0.15) is 0 Å². The van der Waals surface area contributed by atoms with Gasteiger partial charge in [0.15, 0.2) is 0 Å². The van der Waals surface area contributed by atoms with Crippen LogP contribution >= 0.6 is 0 Å². The van der Waals surface area contributed by atoms with E-state index in [2.05, 4.69) is 513 Å². The van der Waals surface area contributed by atoms with Crippen LogP contribution in [0.3, 0.4) is 0 Å². The van der Waals surface area contributed by atoms with Gasteiger partial charge in [-0.25, -0.2) is 0 Å². The number of nitrogens with zero attached hydrogens (tertiary/aromatic N) is 6. The molecule has 0 aliphatic heterocycles. The first kappa shape index (κ1) is 73.1. The summed E-state index contributed by atoms with van der Waals surface area (Å²) in [4.78, 5) is 0. The molecule has 6 nitrogen and oxygen atoms in total. The first-order valence-electron chi connectivity index (χ1n) is 43.3. The summed E-state index contributed by atoms with van der Waals surface area (Å²) in [5.41, 5.74) is 33.4. The number of aromatic nitrogens is 6. The van der Waals surface area contributed by atoms with Crippen LogP contribution in [0.5, 0.6) is 0 Å². The molecule has 0 atom stereocenters. The fraction of sp³-hybridized carbons (Fsp3) is 0. The number of hydrogen-bond acceptors (Lipinski definition) is 0. The molecule has 0 radical (unpaired) electrons. The first-order chi connectivity index (χ1) is 62.5. The molecule has 20 aromatic carbocycles. The van der Waals surface area contributed by atoms with Gasteiger partial charge in [-0.05, 0) is 189 Å². The Kier molecular flexibility index (Phi) is 17.8. The van der Waals surface area contributed by atoms with Gasteiger partial charge in [0.1, 0.15) is 0 Å². The highest BCUT2D eigenvalue weighted by Gasteiger charge is 2.23. The Morgan fingerprint density at radius 3 is 0.429 bits per heavy atom. The Bertz CT molecular complexity index is 7990. The van der Waals surface area contributed by atoms with Gasteiger partial charge in [0.2, 0.25) is 0 Å². The Labute approximate surface area is 728 Å². The smallest absolute Gasteiger partial charge is 0.0541 e. The van der Waals surface area contributed by atoms with Gasteiger partial charge in [-0.15, -0.1) is 0 Å². The second kappa shape index (κ2) is 30.7. The van der Waals surface area contributed by atoms with Gasteiger partial charge in [-0.1, -0.05) is 352 Å². The molecule has 0 unspecified atom stereocenters. The van der Waals surface area contributed by atoms with Crippen LogP contribution in [-0.2, 0) is 0 Å². The van der Waals surface area contributed by atoms with E-state index in [1.54, 1.807) is 0 Å². The second-order valence-electron chi connectivity index (χ2n) is 32.7. The second-order valence-corrected chi connectivity index (χ2v) is 32.7. The predicted molar refractivity (Wildman–Crippen MR) is 533 cm³/mol. The Morgan fingerprint density at radius 1 is 0.0873 bits per heavy atom. The average molecular weight is 1610 g/mol. The summed E-state index contributed by atoms with van der Waals surface area (Å²) in [7, 11) is 0. The summed E-state index contributed by atoms with van der Waals surface area (Å²) in [6.45, 7) is 0. The third-order valence-electron chi connectivity index (χ3n) is 25.5. The minimum absolute atomic E-state index is 1.14. The van der Waals surface area contributed by atoms with E-state index >= 15 is 0 Å². The van der Waals surface area contributed by atoms with Gasteiger partial charge in [0, 0.05) is 98.8 Å². The monoisotopic (exact) mass is 1600 g/mol. The van der Waals surface area contributed by atoms with Crippen LogP contribution in [0.1, 0.15) is 0 Å². The van der Waals surface area contributed by atoms with E-state index < -0.39 is 0 Å². The minimum atomic E-state index is 1.14. The van der Waals surface area contributed by atoms with Crippen LogP contribution in [0.4, 0.5) is 0 Å². The highest BCUT2D eigenvalue weighted by Crippen LogP contribution is 2.44. The van der Waals surface area contributed by atoms with Crippen molar-refractivity contribution in [1.82, 2.24) is 27.4 Å². The molecule has 0 saturated heterocycles. The van der Waals surface area contributed by atoms with Crippen LogP contribution in [0.25, 0.3) is 221 Å². The number of fused-ring (bicyclic) bond motifs is 18. The molecule has 0 amide bonds. The first-order valence-corrected chi connectivity index (χ1v) is 43.3. The van der Waals surface area contributed by atoms with Crippen LogP contribution in [0.2, 0.25) is 0 Å². The molecular formula is C120H80N6. The van der Waals surface area contributed by atoms with Crippen LogP contribution in [0, 0.1) is 0 Å². The predicted octanol–water partition coefficient (Wildman–Crippen LogP) is 32.0. The maximum Gasteiger partial charge on any atom is 0.0541 e. The largest absolute Gasteiger partial charge is 0.309 e. The average Bonchev–Trinajstić information content (AvgIpc) is 1.59. The van der Waals surface area contributed by atoms with Crippen molar-refractivity contribution in [1.29, 1.82) is 0 Å². The molecule has 0 saturated carbocycles. The molecule has 26 rings (SSSR count). The van der Waals surface area contributed by atoms with Crippen molar-refractivity contribution in [3.05, 3.63) is 485 Å². The Morgan fingerprint density at radius 2 is 0.222 bits per heavy atom. The Hall–Kier alpha value is -16.8. The zero-order chi connectivity index (χ0) is 83.1. The molecule has 6 heterocycles. The third-order valence-corrected chi connectivity index (χ3v) is 25.5. The number of hydrogen-bond donors (Lipinski definition) is 0. The molecule has 0 spiro atoms. The van der Waals surface area contributed by atoms with Crippen molar-refractivity contribution >= 4 is 131 Å². The maximum absolute atomic E-state index is 2.42. The quantitative estimate of drug-likeness (QED) is 0.124. The fourth-order valence-electron chi connectivity index (χ4n) is 19.9. The van der Waals surface area contributed by atoms with Crippen molar-refractivity contribution in [3.63, 3.8) is 0 Å². The van der Waals surface area contributed by atoms with Crippen LogP contribution in [0.15, 0.2) is 485 Å². The molecule has 0 fully saturated rings.